The first-order chi connectivity index (χ1) is 10.2. The molecule has 1 aliphatic rings. The van der Waals surface area contributed by atoms with Crippen molar-refractivity contribution < 1.29 is 4.74 Å². The molecule has 0 amide bonds. The number of nitrogens with zero attached hydrogens (tertiary/aromatic N) is 2. The summed E-state index contributed by atoms with van der Waals surface area (Å²) in [4.78, 5) is 2.52. The van der Waals surface area contributed by atoms with Gasteiger partial charge in [0.2, 0.25) is 0 Å². The van der Waals surface area contributed by atoms with Gasteiger partial charge in [-0.2, -0.15) is 5.26 Å². The van der Waals surface area contributed by atoms with E-state index in [1.165, 1.54) is 32.4 Å². The van der Waals surface area contributed by atoms with Crippen LogP contribution in [0.4, 0.5) is 0 Å². The normalized spacial score (nSPS) is 20.0. The third-order valence-corrected chi connectivity index (χ3v) is 4.47. The molecule has 2 rings (SSSR count). The van der Waals surface area contributed by atoms with E-state index in [-0.39, 0.29) is 0 Å². The van der Waals surface area contributed by atoms with Crippen LogP contribution in [0.2, 0.25) is 0 Å². The highest BCUT2D eigenvalue weighted by Crippen LogP contribution is 2.24. The smallest absolute Gasteiger partial charge is 0.119 e. The van der Waals surface area contributed by atoms with E-state index < -0.39 is 0 Å². The minimum atomic E-state index is 0.676. The second kappa shape index (κ2) is 8.05. The fraction of sp³-hybridized carbons (Fsp3) is 0.611. The number of benzene rings is 1. The highest BCUT2D eigenvalue weighted by Gasteiger charge is 2.19. The first-order valence-corrected chi connectivity index (χ1v) is 8.04. The summed E-state index contributed by atoms with van der Waals surface area (Å²) in [6.07, 6.45) is 3.99. The van der Waals surface area contributed by atoms with Crippen molar-refractivity contribution >= 4 is 0 Å². The van der Waals surface area contributed by atoms with Crippen molar-refractivity contribution in [1.29, 1.82) is 5.26 Å². The molecule has 3 heteroatoms. The lowest BCUT2D eigenvalue weighted by atomic mass is 9.89. The van der Waals surface area contributed by atoms with Gasteiger partial charge in [-0.1, -0.05) is 13.8 Å². The summed E-state index contributed by atoms with van der Waals surface area (Å²) in [6.45, 7) is 8.78. The molecule has 1 fully saturated rings. The second-order valence-electron chi connectivity index (χ2n) is 6.26. The molecule has 1 aliphatic heterocycles. The van der Waals surface area contributed by atoms with Crippen LogP contribution in [0.25, 0.3) is 0 Å². The highest BCUT2D eigenvalue weighted by molar-refractivity contribution is 5.34. The molecule has 21 heavy (non-hydrogen) atoms. The van der Waals surface area contributed by atoms with Crippen LogP contribution in [-0.2, 0) is 0 Å². The van der Waals surface area contributed by atoms with Crippen molar-refractivity contribution in [3.05, 3.63) is 29.8 Å². The zero-order chi connectivity index (χ0) is 15.1. The predicted octanol–water partition coefficient (Wildman–Crippen LogP) is 3.70. The van der Waals surface area contributed by atoms with Crippen molar-refractivity contribution in [1.82, 2.24) is 4.90 Å². The van der Waals surface area contributed by atoms with Gasteiger partial charge in [-0.3, -0.25) is 4.90 Å². The molecule has 1 aromatic rings. The van der Waals surface area contributed by atoms with Gasteiger partial charge in [-0.05, 0) is 68.5 Å². The fourth-order valence-electron chi connectivity index (χ4n) is 2.99. The van der Waals surface area contributed by atoms with Crippen LogP contribution in [0.5, 0.6) is 5.75 Å². The molecular formula is C18H26N2O. The number of nitriles is 1. The maximum Gasteiger partial charge on any atom is 0.119 e. The first-order valence-electron chi connectivity index (χ1n) is 8.04. The Kier molecular flexibility index (Phi) is 6.07. The molecule has 0 aliphatic carbocycles. The molecule has 1 aromatic carbocycles. The van der Waals surface area contributed by atoms with E-state index in [1.54, 1.807) is 12.1 Å². The number of hydrogen-bond donors (Lipinski definition) is 0. The average molecular weight is 286 g/mol. The summed E-state index contributed by atoms with van der Waals surface area (Å²) in [5.41, 5.74) is 0.676. The minimum absolute atomic E-state index is 0.676. The van der Waals surface area contributed by atoms with Gasteiger partial charge in [0, 0.05) is 6.54 Å². The molecule has 0 radical (unpaired) electrons. The lowest BCUT2D eigenvalue weighted by Gasteiger charge is -2.21. The third-order valence-electron chi connectivity index (χ3n) is 4.47. The summed E-state index contributed by atoms with van der Waals surface area (Å²) in [5, 5.41) is 8.76. The van der Waals surface area contributed by atoms with Gasteiger partial charge in [-0.15, -0.1) is 0 Å². The largest absolute Gasteiger partial charge is 0.492 e. The molecule has 0 spiro atoms. The lowest BCUT2D eigenvalue weighted by Crippen LogP contribution is -2.29. The zero-order valence-corrected chi connectivity index (χ0v) is 13.2. The Hall–Kier alpha value is -1.53. The Balaban J connectivity index is 1.72. The van der Waals surface area contributed by atoms with E-state index in [9.17, 15) is 0 Å². The Morgan fingerprint density at radius 1 is 1.24 bits per heavy atom. The summed E-state index contributed by atoms with van der Waals surface area (Å²) in [7, 11) is 0. The van der Waals surface area contributed by atoms with E-state index in [0.717, 1.165) is 30.7 Å². The number of rotatable bonds is 5. The van der Waals surface area contributed by atoms with Gasteiger partial charge in [0.05, 0.1) is 11.6 Å². The minimum Gasteiger partial charge on any atom is -0.492 e. The van der Waals surface area contributed by atoms with Crippen molar-refractivity contribution in [2.45, 2.75) is 33.1 Å². The van der Waals surface area contributed by atoms with E-state index >= 15 is 0 Å². The zero-order valence-electron chi connectivity index (χ0n) is 13.2. The lowest BCUT2D eigenvalue weighted by molar-refractivity contribution is 0.210. The molecule has 0 aromatic heterocycles. The standard InChI is InChI=1S/C18H26N2O/c1-15(2)17-4-3-10-20(11-9-17)12-13-21-18-7-5-16(14-19)6-8-18/h5-8,15,17H,3-4,9-13H2,1-2H3. The van der Waals surface area contributed by atoms with Crippen LogP contribution < -0.4 is 4.74 Å². The van der Waals surface area contributed by atoms with Crippen LogP contribution >= 0.6 is 0 Å². The van der Waals surface area contributed by atoms with E-state index in [1.807, 2.05) is 12.1 Å². The van der Waals surface area contributed by atoms with Gasteiger partial charge < -0.3 is 4.74 Å². The Morgan fingerprint density at radius 2 is 2.00 bits per heavy atom. The monoisotopic (exact) mass is 286 g/mol. The van der Waals surface area contributed by atoms with E-state index in [0.29, 0.717) is 5.56 Å². The molecule has 1 unspecified atom stereocenters. The van der Waals surface area contributed by atoms with Gasteiger partial charge in [0.25, 0.3) is 0 Å². The molecule has 1 atom stereocenters. The molecular weight excluding hydrogens is 260 g/mol. The van der Waals surface area contributed by atoms with Gasteiger partial charge in [0.1, 0.15) is 12.4 Å². The van der Waals surface area contributed by atoms with Gasteiger partial charge in [-0.25, -0.2) is 0 Å². The number of hydrogen-bond acceptors (Lipinski definition) is 3. The van der Waals surface area contributed by atoms with Crippen molar-refractivity contribution in [3.8, 4) is 11.8 Å². The predicted molar refractivity (Wildman–Crippen MR) is 85.3 cm³/mol. The van der Waals surface area contributed by atoms with E-state index in [2.05, 4.69) is 24.8 Å². The van der Waals surface area contributed by atoms with Crippen LogP contribution in [-0.4, -0.2) is 31.1 Å². The van der Waals surface area contributed by atoms with E-state index in [4.69, 9.17) is 10.00 Å². The molecule has 0 N–H and O–H groups in total. The Labute approximate surface area is 128 Å². The fourth-order valence-corrected chi connectivity index (χ4v) is 2.99. The summed E-state index contributed by atoms with van der Waals surface area (Å²) >= 11 is 0. The maximum absolute atomic E-state index is 8.76. The topological polar surface area (TPSA) is 36.3 Å². The second-order valence-corrected chi connectivity index (χ2v) is 6.26. The summed E-state index contributed by atoms with van der Waals surface area (Å²) in [5.74, 6) is 2.54. The number of ether oxygens (including phenoxy) is 1. The SMILES string of the molecule is CC(C)C1CCCN(CCOc2ccc(C#N)cc2)CC1. The van der Waals surface area contributed by atoms with Crippen molar-refractivity contribution in [3.63, 3.8) is 0 Å². The van der Waals surface area contributed by atoms with Crippen LogP contribution in [0.1, 0.15) is 38.7 Å². The highest BCUT2D eigenvalue weighted by atomic mass is 16.5. The number of likely N-dealkylation sites (tertiary alicyclic amines) is 1. The van der Waals surface area contributed by atoms with Crippen LogP contribution in [0, 0.1) is 23.2 Å². The third kappa shape index (κ3) is 5.06. The quantitative estimate of drug-likeness (QED) is 0.828. The maximum atomic E-state index is 8.76. The van der Waals surface area contributed by atoms with Crippen molar-refractivity contribution in [2.75, 3.05) is 26.2 Å². The molecule has 1 saturated heterocycles. The Morgan fingerprint density at radius 3 is 2.67 bits per heavy atom. The molecule has 3 nitrogen and oxygen atoms in total. The van der Waals surface area contributed by atoms with Crippen LogP contribution in [0.15, 0.2) is 24.3 Å². The summed E-state index contributed by atoms with van der Waals surface area (Å²) in [6, 6.07) is 9.46. The van der Waals surface area contributed by atoms with Gasteiger partial charge in [0.15, 0.2) is 0 Å². The summed E-state index contributed by atoms with van der Waals surface area (Å²) < 4.78 is 5.77. The molecule has 0 bridgehead atoms. The first kappa shape index (κ1) is 15.9. The molecule has 0 saturated carbocycles. The average Bonchev–Trinajstić information content (AvgIpc) is 2.74. The van der Waals surface area contributed by atoms with Gasteiger partial charge >= 0.3 is 0 Å². The molecule has 114 valence electrons. The van der Waals surface area contributed by atoms with Crippen molar-refractivity contribution in [2.24, 2.45) is 11.8 Å². The van der Waals surface area contributed by atoms with Crippen LogP contribution in [0.3, 0.4) is 0 Å². The Bertz CT molecular complexity index is 461. The molecule has 1 heterocycles.